The van der Waals surface area contributed by atoms with Crippen molar-refractivity contribution in [3.63, 3.8) is 0 Å². The molecule has 0 saturated carbocycles. The molecule has 0 atom stereocenters. The quantitative estimate of drug-likeness (QED) is 0.421. The molecule has 2 heterocycles. The summed E-state index contributed by atoms with van der Waals surface area (Å²) in [6, 6.07) is 15.9. The van der Waals surface area contributed by atoms with Gasteiger partial charge in [-0.1, -0.05) is 30.4 Å². The summed E-state index contributed by atoms with van der Waals surface area (Å²) in [5.74, 6) is 0.684. The van der Waals surface area contributed by atoms with Gasteiger partial charge >= 0.3 is 0 Å². The summed E-state index contributed by atoms with van der Waals surface area (Å²) < 4.78 is 13.5. The number of benzene rings is 2. The zero-order valence-electron chi connectivity index (χ0n) is 18.2. The number of nitrogens with one attached hydrogen (secondary N) is 2. The number of nitrogens with zero attached hydrogens (tertiary/aromatic N) is 3. The molecule has 0 radical (unpaired) electrons. The molecule has 4 rings (SSSR count). The van der Waals surface area contributed by atoms with E-state index < -0.39 is 0 Å². The van der Waals surface area contributed by atoms with Crippen molar-refractivity contribution in [2.75, 3.05) is 42.5 Å². The first kappa shape index (κ1) is 21.2. The summed E-state index contributed by atoms with van der Waals surface area (Å²) in [7, 11) is 0. The van der Waals surface area contributed by atoms with Crippen LogP contribution in [0.4, 0.5) is 15.8 Å². The van der Waals surface area contributed by atoms with Crippen LogP contribution in [0.3, 0.4) is 0 Å². The number of hydrogen-bond donors (Lipinski definition) is 2. The second kappa shape index (κ2) is 10.3. The Morgan fingerprint density at radius 2 is 1.74 bits per heavy atom. The van der Waals surface area contributed by atoms with E-state index in [1.54, 1.807) is 12.1 Å². The first-order chi connectivity index (χ1) is 15.2. The molecule has 2 aromatic carbocycles. The number of aliphatic imine (C=N–C) groups is 1. The van der Waals surface area contributed by atoms with Crippen molar-refractivity contribution in [3.05, 3.63) is 72.1 Å². The van der Waals surface area contributed by atoms with Crippen LogP contribution in [0.15, 0.2) is 65.7 Å². The fourth-order valence-corrected chi connectivity index (χ4v) is 4.14. The van der Waals surface area contributed by atoms with Gasteiger partial charge in [-0.2, -0.15) is 0 Å². The zero-order chi connectivity index (χ0) is 21.5. The van der Waals surface area contributed by atoms with Crippen LogP contribution in [0.1, 0.15) is 25.3 Å². The van der Waals surface area contributed by atoms with Crippen LogP contribution in [0.2, 0.25) is 0 Å². The molecule has 2 N–H and O–H groups in total. The van der Waals surface area contributed by atoms with Crippen molar-refractivity contribution >= 4 is 17.3 Å². The predicted molar refractivity (Wildman–Crippen MR) is 127 cm³/mol. The van der Waals surface area contributed by atoms with E-state index in [4.69, 9.17) is 4.99 Å². The second-order valence-corrected chi connectivity index (χ2v) is 8.12. The van der Waals surface area contributed by atoms with Crippen LogP contribution < -0.4 is 20.4 Å². The van der Waals surface area contributed by atoms with E-state index in [0.717, 1.165) is 57.2 Å². The molecular formula is C25H32FN5. The van der Waals surface area contributed by atoms with Gasteiger partial charge in [0.1, 0.15) is 5.82 Å². The number of anilines is 2. The topological polar surface area (TPSA) is 42.9 Å². The summed E-state index contributed by atoms with van der Waals surface area (Å²) in [6.07, 6.45) is 6.41. The van der Waals surface area contributed by atoms with Crippen LogP contribution >= 0.6 is 0 Å². The highest BCUT2D eigenvalue weighted by molar-refractivity contribution is 5.80. The number of piperidine rings is 1. The third kappa shape index (κ3) is 5.78. The standard InChI is InChI=1S/C25H32FN5/c1-2-27-25(28-19-20-8-10-23(11-9-20)30-14-3-4-15-30)29-22-12-16-31(17-13-22)24-7-5-6-21(26)18-24/h3-11,18,22H,2,12-17,19H2,1H3,(H2,27,28,29). The molecule has 6 heteroatoms. The molecule has 0 aromatic heterocycles. The molecule has 5 nitrogen and oxygen atoms in total. The van der Waals surface area contributed by atoms with Crippen molar-refractivity contribution in [1.82, 2.24) is 10.6 Å². The van der Waals surface area contributed by atoms with E-state index in [0.29, 0.717) is 12.6 Å². The number of hydrogen-bond acceptors (Lipinski definition) is 3. The molecule has 0 unspecified atom stereocenters. The van der Waals surface area contributed by atoms with Gasteiger partial charge < -0.3 is 20.4 Å². The highest BCUT2D eigenvalue weighted by atomic mass is 19.1. The lowest BCUT2D eigenvalue weighted by molar-refractivity contribution is 0.461. The Morgan fingerprint density at radius 3 is 2.42 bits per heavy atom. The first-order valence-electron chi connectivity index (χ1n) is 11.3. The molecule has 2 aliphatic heterocycles. The van der Waals surface area contributed by atoms with E-state index in [9.17, 15) is 4.39 Å². The van der Waals surface area contributed by atoms with Crippen LogP contribution in [-0.4, -0.2) is 44.7 Å². The van der Waals surface area contributed by atoms with Gasteiger partial charge in [0.25, 0.3) is 0 Å². The molecule has 0 spiro atoms. The first-order valence-corrected chi connectivity index (χ1v) is 11.3. The lowest BCUT2D eigenvalue weighted by Gasteiger charge is -2.34. The van der Waals surface area contributed by atoms with Gasteiger partial charge in [0.2, 0.25) is 0 Å². The number of rotatable bonds is 6. The van der Waals surface area contributed by atoms with Gasteiger partial charge in [-0.15, -0.1) is 0 Å². The van der Waals surface area contributed by atoms with Crippen LogP contribution in [0, 0.1) is 5.82 Å². The fraction of sp³-hybridized carbons (Fsp3) is 0.400. The minimum absolute atomic E-state index is 0.176. The van der Waals surface area contributed by atoms with Crippen molar-refractivity contribution in [2.24, 2.45) is 4.99 Å². The average Bonchev–Trinajstić information content (AvgIpc) is 3.34. The van der Waals surface area contributed by atoms with Gasteiger partial charge in [0.15, 0.2) is 5.96 Å². The maximum Gasteiger partial charge on any atom is 0.191 e. The summed E-state index contributed by atoms with van der Waals surface area (Å²) in [6.45, 7) is 7.36. The largest absolute Gasteiger partial charge is 0.371 e. The minimum atomic E-state index is -0.176. The molecule has 31 heavy (non-hydrogen) atoms. The zero-order valence-corrected chi connectivity index (χ0v) is 18.2. The molecule has 2 aliphatic rings. The lowest BCUT2D eigenvalue weighted by atomic mass is 10.0. The van der Waals surface area contributed by atoms with Crippen LogP contribution in [0.25, 0.3) is 0 Å². The summed E-state index contributed by atoms with van der Waals surface area (Å²) in [4.78, 5) is 9.39. The monoisotopic (exact) mass is 421 g/mol. The van der Waals surface area contributed by atoms with Crippen molar-refractivity contribution in [1.29, 1.82) is 0 Å². The van der Waals surface area contributed by atoms with Gasteiger partial charge in [-0.3, -0.25) is 0 Å². The Kier molecular flexibility index (Phi) is 7.07. The van der Waals surface area contributed by atoms with Gasteiger partial charge in [-0.05, 0) is 55.7 Å². The molecule has 2 aromatic rings. The third-order valence-corrected chi connectivity index (χ3v) is 5.89. The molecule has 1 saturated heterocycles. The minimum Gasteiger partial charge on any atom is -0.371 e. The molecule has 0 bridgehead atoms. The predicted octanol–water partition coefficient (Wildman–Crippen LogP) is 3.93. The normalized spacial score (nSPS) is 17.3. The van der Waals surface area contributed by atoms with E-state index >= 15 is 0 Å². The molecule has 0 aliphatic carbocycles. The van der Waals surface area contributed by atoms with Gasteiger partial charge in [0, 0.05) is 50.1 Å². The SMILES string of the molecule is CCNC(=NCc1ccc(N2CC=CC2)cc1)NC1CCN(c2cccc(F)c2)CC1. The van der Waals surface area contributed by atoms with Gasteiger partial charge in [0.05, 0.1) is 6.54 Å². The maximum absolute atomic E-state index is 13.5. The maximum atomic E-state index is 13.5. The number of guanidine groups is 1. The second-order valence-electron chi connectivity index (χ2n) is 8.12. The van der Waals surface area contributed by atoms with Crippen molar-refractivity contribution in [3.8, 4) is 0 Å². The Labute approximate surface area is 184 Å². The smallest absolute Gasteiger partial charge is 0.191 e. The van der Waals surface area contributed by atoms with Crippen LogP contribution in [-0.2, 0) is 6.54 Å². The lowest BCUT2D eigenvalue weighted by Crippen LogP contribution is -2.48. The number of halogens is 1. The third-order valence-electron chi connectivity index (χ3n) is 5.89. The van der Waals surface area contributed by atoms with Crippen molar-refractivity contribution < 1.29 is 4.39 Å². The Balaban J connectivity index is 1.30. The molecule has 0 amide bonds. The van der Waals surface area contributed by atoms with E-state index in [1.807, 2.05) is 6.07 Å². The van der Waals surface area contributed by atoms with Crippen molar-refractivity contribution in [2.45, 2.75) is 32.4 Å². The highest BCUT2D eigenvalue weighted by Gasteiger charge is 2.20. The molecule has 164 valence electrons. The van der Waals surface area contributed by atoms with E-state index in [1.165, 1.54) is 17.3 Å². The summed E-state index contributed by atoms with van der Waals surface area (Å²) in [5.41, 5.74) is 3.43. The summed E-state index contributed by atoms with van der Waals surface area (Å²) >= 11 is 0. The van der Waals surface area contributed by atoms with E-state index in [2.05, 4.69) is 63.8 Å². The average molecular weight is 422 g/mol. The van der Waals surface area contributed by atoms with E-state index in [-0.39, 0.29) is 5.82 Å². The molecule has 1 fully saturated rings. The highest BCUT2D eigenvalue weighted by Crippen LogP contribution is 2.21. The fourth-order valence-electron chi connectivity index (χ4n) is 4.14. The Hall–Kier alpha value is -3.02. The Bertz CT molecular complexity index is 892. The van der Waals surface area contributed by atoms with Gasteiger partial charge in [-0.25, -0.2) is 9.38 Å². The summed E-state index contributed by atoms with van der Waals surface area (Å²) in [5, 5.41) is 6.95. The Morgan fingerprint density at radius 1 is 1.00 bits per heavy atom. The molecular weight excluding hydrogens is 389 g/mol. The van der Waals surface area contributed by atoms with Crippen LogP contribution in [0.5, 0.6) is 0 Å².